The maximum absolute atomic E-state index is 5.72. The van der Waals surface area contributed by atoms with E-state index in [4.69, 9.17) is 17.0 Å². The number of hydrogen-bond donors (Lipinski definition) is 1. The highest BCUT2D eigenvalue weighted by molar-refractivity contribution is 7.71. The van der Waals surface area contributed by atoms with Crippen LogP contribution in [-0.4, -0.2) is 27.7 Å². The molecular weight excluding hydrogens is 356 g/mol. The van der Waals surface area contributed by atoms with Crippen molar-refractivity contribution >= 4 is 29.2 Å². The highest BCUT2D eigenvalue weighted by Crippen LogP contribution is 2.28. The summed E-state index contributed by atoms with van der Waals surface area (Å²) in [6, 6.07) is 22.1. The number of rotatable bonds is 5. The average molecular weight is 374 g/mol. The Labute approximate surface area is 161 Å². The van der Waals surface area contributed by atoms with E-state index in [0.717, 1.165) is 22.3 Å². The van der Waals surface area contributed by atoms with Gasteiger partial charge in [0.25, 0.3) is 0 Å². The second-order valence-electron chi connectivity index (χ2n) is 5.91. The van der Waals surface area contributed by atoms with Crippen LogP contribution in [0.2, 0.25) is 0 Å². The monoisotopic (exact) mass is 374 g/mol. The summed E-state index contributed by atoms with van der Waals surface area (Å²) in [6.07, 6.45) is 1.81. The standard InChI is InChI=1S/C21H18N4OS/c1-2-26-19-13-6-5-12-18(19)20-23-24-21(27)25(20)22-14-16-10-7-9-15-8-3-4-11-17(15)16/h3-14H,2H2,1H3,(H,24,27)/b22-14-. The molecule has 5 nitrogen and oxygen atoms in total. The number of aromatic amines is 1. The third-order valence-electron chi connectivity index (χ3n) is 4.21. The molecule has 0 bridgehead atoms. The Bertz CT molecular complexity index is 1170. The Kier molecular flexibility index (Phi) is 4.80. The van der Waals surface area contributed by atoms with Gasteiger partial charge in [0.1, 0.15) is 5.75 Å². The van der Waals surface area contributed by atoms with Gasteiger partial charge in [-0.3, -0.25) is 0 Å². The molecule has 0 spiro atoms. The lowest BCUT2D eigenvalue weighted by Crippen LogP contribution is -1.99. The van der Waals surface area contributed by atoms with Crippen LogP contribution in [0.1, 0.15) is 12.5 Å². The summed E-state index contributed by atoms with van der Waals surface area (Å²) in [7, 11) is 0. The first kappa shape index (κ1) is 17.2. The van der Waals surface area contributed by atoms with Gasteiger partial charge < -0.3 is 4.74 Å². The van der Waals surface area contributed by atoms with Crippen LogP contribution < -0.4 is 4.74 Å². The summed E-state index contributed by atoms with van der Waals surface area (Å²) >= 11 is 5.38. The van der Waals surface area contributed by atoms with Gasteiger partial charge in [0.15, 0.2) is 5.82 Å². The molecule has 0 unspecified atom stereocenters. The normalized spacial score (nSPS) is 11.3. The van der Waals surface area contributed by atoms with Gasteiger partial charge in [-0.1, -0.05) is 54.6 Å². The van der Waals surface area contributed by atoms with E-state index in [9.17, 15) is 0 Å². The Morgan fingerprint density at radius 3 is 2.74 bits per heavy atom. The summed E-state index contributed by atoms with van der Waals surface area (Å²) in [5.74, 6) is 1.36. The molecule has 0 saturated heterocycles. The van der Waals surface area contributed by atoms with Crippen molar-refractivity contribution in [1.82, 2.24) is 14.9 Å². The van der Waals surface area contributed by atoms with Crippen LogP contribution in [0.15, 0.2) is 71.8 Å². The molecule has 0 atom stereocenters. The fourth-order valence-electron chi connectivity index (χ4n) is 2.99. The Morgan fingerprint density at radius 1 is 1.07 bits per heavy atom. The lowest BCUT2D eigenvalue weighted by molar-refractivity contribution is 0.341. The van der Waals surface area contributed by atoms with Crippen molar-refractivity contribution in [3.05, 3.63) is 77.1 Å². The first-order chi connectivity index (χ1) is 13.3. The quantitative estimate of drug-likeness (QED) is 0.393. The highest BCUT2D eigenvalue weighted by atomic mass is 32.1. The van der Waals surface area contributed by atoms with Crippen molar-refractivity contribution in [2.75, 3.05) is 6.61 Å². The maximum atomic E-state index is 5.72. The van der Waals surface area contributed by atoms with Crippen LogP contribution in [0.3, 0.4) is 0 Å². The second-order valence-corrected chi connectivity index (χ2v) is 6.29. The Hall–Kier alpha value is -3.25. The molecule has 4 rings (SSSR count). The van der Waals surface area contributed by atoms with E-state index < -0.39 is 0 Å². The van der Waals surface area contributed by atoms with E-state index in [-0.39, 0.29) is 0 Å². The molecule has 0 amide bonds. The van der Waals surface area contributed by atoms with Gasteiger partial charge in [-0.2, -0.15) is 14.9 Å². The van der Waals surface area contributed by atoms with Crippen LogP contribution in [0.5, 0.6) is 5.75 Å². The van der Waals surface area contributed by atoms with Crippen molar-refractivity contribution in [3.63, 3.8) is 0 Å². The van der Waals surface area contributed by atoms with Crippen molar-refractivity contribution in [2.24, 2.45) is 5.10 Å². The van der Waals surface area contributed by atoms with Gasteiger partial charge in [0.2, 0.25) is 4.77 Å². The molecule has 1 heterocycles. The average Bonchev–Trinajstić information content (AvgIpc) is 3.07. The van der Waals surface area contributed by atoms with Gasteiger partial charge in [-0.25, -0.2) is 5.10 Å². The zero-order valence-corrected chi connectivity index (χ0v) is 15.6. The lowest BCUT2D eigenvalue weighted by Gasteiger charge is -2.09. The van der Waals surface area contributed by atoms with Crippen molar-refractivity contribution in [2.45, 2.75) is 6.92 Å². The molecule has 0 aliphatic rings. The largest absolute Gasteiger partial charge is 0.493 e. The minimum absolute atomic E-state index is 0.424. The fourth-order valence-corrected chi connectivity index (χ4v) is 3.17. The molecule has 0 radical (unpaired) electrons. The number of para-hydroxylation sites is 1. The van der Waals surface area contributed by atoms with Crippen LogP contribution in [0.25, 0.3) is 22.2 Å². The second kappa shape index (κ2) is 7.55. The first-order valence-corrected chi connectivity index (χ1v) is 9.10. The summed E-state index contributed by atoms with van der Waals surface area (Å²) in [5.41, 5.74) is 1.85. The topological polar surface area (TPSA) is 55.2 Å². The predicted octanol–water partition coefficient (Wildman–Crippen LogP) is 5.04. The van der Waals surface area contributed by atoms with Gasteiger partial charge in [0.05, 0.1) is 18.4 Å². The summed E-state index contributed by atoms with van der Waals surface area (Å²) in [6.45, 7) is 2.52. The molecule has 134 valence electrons. The van der Waals surface area contributed by atoms with Crippen LogP contribution in [-0.2, 0) is 0 Å². The maximum Gasteiger partial charge on any atom is 0.216 e. The molecule has 0 aliphatic heterocycles. The molecule has 3 aromatic carbocycles. The van der Waals surface area contributed by atoms with E-state index >= 15 is 0 Å². The van der Waals surface area contributed by atoms with E-state index in [1.807, 2.05) is 55.5 Å². The highest BCUT2D eigenvalue weighted by Gasteiger charge is 2.13. The van der Waals surface area contributed by atoms with Gasteiger partial charge >= 0.3 is 0 Å². The SMILES string of the molecule is CCOc1ccccc1-c1n[nH]c(=S)n1/N=C\c1cccc2ccccc12. The number of benzene rings is 3. The van der Waals surface area contributed by atoms with Crippen molar-refractivity contribution < 1.29 is 4.74 Å². The summed E-state index contributed by atoms with van der Waals surface area (Å²) in [5, 5.41) is 14.1. The number of nitrogens with zero attached hydrogens (tertiary/aromatic N) is 3. The molecule has 0 fully saturated rings. The Morgan fingerprint density at radius 2 is 1.85 bits per heavy atom. The molecule has 6 heteroatoms. The number of ether oxygens (including phenoxy) is 1. The molecule has 27 heavy (non-hydrogen) atoms. The number of hydrogen-bond acceptors (Lipinski definition) is 4. The summed E-state index contributed by atoms with van der Waals surface area (Å²) < 4.78 is 7.77. The Balaban J connectivity index is 1.79. The first-order valence-electron chi connectivity index (χ1n) is 8.69. The minimum Gasteiger partial charge on any atom is -0.493 e. The number of aromatic nitrogens is 3. The smallest absolute Gasteiger partial charge is 0.216 e. The summed E-state index contributed by atoms with van der Waals surface area (Å²) in [4.78, 5) is 0. The van der Waals surface area contributed by atoms with Gasteiger partial charge in [-0.15, -0.1) is 0 Å². The molecule has 4 aromatic rings. The van der Waals surface area contributed by atoms with E-state index in [0.29, 0.717) is 17.2 Å². The molecular formula is C21H18N4OS. The lowest BCUT2D eigenvalue weighted by atomic mass is 10.1. The van der Waals surface area contributed by atoms with Gasteiger partial charge in [-0.05, 0) is 42.0 Å². The van der Waals surface area contributed by atoms with Gasteiger partial charge in [0, 0.05) is 5.56 Å². The van der Waals surface area contributed by atoms with E-state index in [1.165, 1.54) is 5.39 Å². The predicted molar refractivity (Wildman–Crippen MR) is 111 cm³/mol. The van der Waals surface area contributed by atoms with Crippen LogP contribution in [0, 0.1) is 4.77 Å². The van der Waals surface area contributed by atoms with Crippen LogP contribution in [0.4, 0.5) is 0 Å². The van der Waals surface area contributed by atoms with Crippen LogP contribution >= 0.6 is 12.2 Å². The third-order valence-corrected chi connectivity index (χ3v) is 4.48. The number of H-pyrrole nitrogens is 1. The number of fused-ring (bicyclic) bond motifs is 1. The van der Waals surface area contributed by atoms with E-state index in [1.54, 1.807) is 10.9 Å². The van der Waals surface area contributed by atoms with E-state index in [2.05, 4.69) is 33.5 Å². The minimum atomic E-state index is 0.424. The molecule has 0 aliphatic carbocycles. The molecule has 0 saturated carbocycles. The zero-order chi connectivity index (χ0) is 18.6. The zero-order valence-electron chi connectivity index (χ0n) is 14.8. The third kappa shape index (κ3) is 3.39. The van der Waals surface area contributed by atoms with Crippen molar-refractivity contribution in [1.29, 1.82) is 0 Å². The fraction of sp³-hybridized carbons (Fsp3) is 0.0952. The number of nitrogens with one attached hydrogen (secondary N) is 1. The molecule has 1 aromatic heterocycles. The van der Waals surface area contributed by atoms with Crippen molar-refractivity contribution in [3.8, 4) is 17.1 Å². The molecule has 1 N–H and O–H groups in total.